The van der Waals surface area contributed by atoms with Crippen molar-refractivity contribution in [3.63, 3.8) is 0 Å². The van der Waals surface area contributed by atoms with E-state index in [2.05, 4.69) is 41.8 Å². The molecule has 0 bridgehead atoms. The van der Waals surface area contributed by atoms with Crippen molar-refractivity contribution in [2.24, 2.45) is 4.99 Å². The fraction of sp³-hybridized carbons (Fsp3) is 0.524. The number of aryl methyl sites for hydroxylation is 3. The molecule has 0 fully saturated rings. The Morgan fingerprint density at radius 1 is 1.18 bits per heavy atom. The number of nitrogens with one attached hydrogen (secondary N) is 2. The van der Waals surface area contributed by atoms with Gasteiger partial charge in [-0.1, -0.05) is 17.3 Å². The van der Waals surface area contributed by atoms with E-state index >= 15 is 0 Å². The number of hydrogen-bond acceptors (Lipinski definition) is 5. The molecule has 154 valence electrons. The van der Waals surface area contributed by atoms with Crippen LogP contribution in [-0.4, -0.2) is 44.5 Å². The summed E-state index contributed by atoms with van der Waals surface area (Å²) in [6, 6.07) is 6.18. The summed E-state index contributed by atoms with van der Waals surface area (Å²) in [6.07, 6.45) is 0.835. The molecule has 2 N–H and O–H groups in total. The standard InChI is InChI=1S/C21H32N4O3/c1-6-22-21(23-10-9-19-16(3)25-28-17(19)4)24-14-18-8-7-15(2)13-20(18)27-12-11-26-5/h7-8,13H,6,9-12,14H2,1-5H3,(H2,22,23,24). The predicted octanol–water partition coefficient (Wildman–Crippen LogP) is 2.92. The normalized spacial score (nSPS) is 11.5. The predicted molar refractivity (Wildman–Crippen MR) is 111 cm³/mol. The second-order valence-corrected chi connectivity index (χ2v) is 6.63. The van der Waals surface area contributed by atoms with Crippen molar-refractivity contribution >= 4 is 5.96 Å². The number of aliphatic imine (C=N–C) groups is 1. The molecule has 1 heterocycles. The Morgan fingerprint density at radius 3 is 2.68 bits per heavy atom. The minimum Gasteiger partial charge on any atom is -0.491 e. The number of nitrogens with zero attached hydrogens (tertiary/aromatic N) is 2. The molecule has 0 aliphatic carbocycles. The Hall–Kier alpha value is -2.54. The number of hydrogen-bond donors (Lipinski definition) is 2. The SMILES string of the molecule is CCNC(=NCc1ccc(C)cc1OCCOC)NCCc1c(C)noc1C. The Kier molecular flexibility index (Phi) is 8.81. The molecule has 28 heavy (non-hydrogen) atoms. The van der Waals surface area contributed by atoms with E-state index < -0.39 is 0 Å². The Bertz CT molecular complexity index is 752. The number of benzene rings is 1. The molecule has 0 amide bonds. The van der Waals surface area contributed by atoms with Crippen LogP contribution in [0.3, 0.4) is 0 Å². The number of rotatable bonds is 10. The van der Waals surface area contributed by atoms with E-state index in [4.69, 9.17) is 19.0 Å². The summed E-state index contributed by atoms with van der Waals surface area (Å²) >= 11 is 0. The second kappa shape index (κ2) is 11.3. The van der Waals surface area contributed by atoms with Crippen molar-refractivity contribution in [1.82, 2.24) is 15.8 Å². The summed E-state index contributed by atoms with van der Waals surface area (Å²) in [5, 5.41) is 10.7. The van der Waals surface area contributed by atoms with Gasteiger partial charge < -0.3 is 24.6 Å². The average Bonchev–Trinajstić information content (AvgIpc) is 2.99. The molecule has 7 nitrogen and oxygen atoms in total. The monoisotopic (exact) mass is 388 g/mol. The molecule has 0 unspecified atom stereocenters. The summed E-state index contributed by atoms with van der Waals surface area (Å²) in [7, 11) is 1.67. The highest BCUT2D eigenvalue weighted by Crippen LogP contribution is 2.21. The van der Waals surface area contributed by atoms with Crippen molar-refractivity contribution in [2.45, 2.75) is 40.7 Å². The zero-order valence-corrected chi connectivity index (χ0v) is 17.6. The van der Waals surface area contributed by atoms with E-state index in [0.717, 1.165) is 59.4 Å². The van der Waals surface area contributed by atoms with Gasteiger partial charge in [0.05, 0.1) is 18.8 Å². The Labute approximate surface area is 167 Å². The minimum absolute atomic E-state index is 0.520. The van der Waals surface area contributed by atoms with E-state index in [1.807, 2.05) is 19.9 Å². The average molecular weight is 389 g/mol. The zero-order valence-electron chi connectivity index (χ0n) is 17.6. The largest absolute Gasteiger partial charge is 0.491 e. The molecular formula is C21H32N4O3. The summed E-state index contributed by atoms with van der Waals surface area (Å²) in [5.74, 6) is 2.50. The van der Waals surface area contributed by atoms with Crippen molar-refractivity contribution < 1.29 is 14.0 Å². The van der Waals surface area contributed by atoms with Gasteiger partial charge in [-0.25, -0.2) is 4.99 Å². The van der Waals surface area contributed by atoms with E-state index in [-0.39, 0.29) is 0 Å². The molecule has 0 saturated carbocycles. The quantitative estimate of drug-likeness (QED) is 0.370. The first-order valence-corrected chi connectivity index (χ1v) is 9.70. The molecule has 1 aromatic heterocycles. The lowest BCUT2D eigenvalue weighted by molar-refractivity contribution is 0.145. The molecule has 7 heteroatoms. The number of aromatic nitrogens is 1. The molecule has 2 rings (SSSR count). The third kappa shape index (κ3) is 6.56. The lowest BCUT2D eigenvalue weighted by atomic mass is 10.1. The summed E-state index contributed by atoms with van der Waals surface area (Å²) in [4.78, 5) is 4.71. The fourth-order valence-electron chi connectivity index (χ4n) is 2.83. The van der Waals surface area contributed by atoms with Crippen molar-refractivity contribution in [1.29, 1.82) is 0 Å². The van der Waals surface area contributed by atoms with Crippen molar-refractivity contribution in [3.8, 4) is 5.75 Å². The highest BCUT2D eigenvalue weighted by atomic mass is 16.5. The van der Waals surface area contributed by atoms with Crippen LogP contribution in [0.15, 0.2) is 27.7 Å². The first-order chi connectivity index (χ1) is 13.5. The van der Waals surface area contributed by atoms with Crippen LogP contribution in [0.5, 0.6) is 5.75 Å². The summed E-state index contributed by atoms with van der Waals surface area (Å²) in [6.45, 7) is 11.2. The molecule has 1 aromatic carbocycles. The van der Waals surface area contributed by atoms with Gasteiger partial charge in [0.1, 0.15) is 18.1 Å². The van der Waals surface area contributed by atoms with Crippen LogP contribution in [0, 0.1) is 20.8 Å². The van der Waals surface area contributed by atoms with Gasteiger partial charge in [-0.15, -0.1) is 0 Å². The first-order valence-electron chi connectivity index (χ1n) is 9.70. The number of methoxy groups -OCH3 is 1. The van der Waals surface area contributed by atoms with Gasteiger partial charge in [0.25, 0.3) is 0 Å². The van der Waals surface area contributed by atoms with Gasteiger partial charge >= 0.3 is 0 Å². The minimum atomic E-state index is 0.520. The van der Waals surface area contributed by atoms with Crippen LogP contribution in [0.25, 0.3) is 0 Å². The molecule has 2 aromatic rings. The number of ether oxygens (including phenoxy) is 2. The zero-order chi connectivity index (χ0) is 20.4. The highest BCUT2D eigenvalue weighted by molar-refractivity contribution is 5.79. The van der Waals surface area contributed by atoms with Crippen LogP contribution in [0.1, 0.15) is 35.1 Å². The lowest BCUT2D eigenvalue weighted by Gasteiger charge is -2.13. The third-order valence-electron chi connectivity index (χ3n) is 4.37. The van der Waals surface area contributed by atoms with Crippen molar-refractivity contribution in [3.05, 3.63) is 46.3 Å². The van der Waals surface area contributed by atoms with Gasteiger partial charge in [-0.05, 0) is 45.7 Å². The van der Waals surface area contributed by atoms with Crippen LogP contribution in [0.4, 0.5) is 0 Å². The molecule has 0 radical (unpaired) electrons. The van der Waals surface area contributed by atoms with Gasteiger partial charge in [-0.3, -0.25) is 0 Å². The van der Waals surface area contributed by atoms with E-state index in [1.54, 1.807) is 7.11 Å². The number of guanidine groups is 1. The van der Waals surface area contributed by atoms with Gasteiger partial charge in [-0.2, -0.15) is 0 Å². The van der Waals surface area contributed by atoms with Gasteiger partial charge in [0, 0.05) is 31.3 Å². The molecule has 0 saturated heterocycles. The van der Waals surface area contributed by atoms with E-state index in [9.17, 15) is 0 Å². The summed E-state index contributed by atoms with van der Waals surface area (Å²) in [5.41, 5.74) is 4.30. The molecule has 0 atom stereocenters. The highest BCUT2D eigenvalue weighted by Gasteiger charge is 2.09. The van der Waals surface area contributed by atoms with E-state index in [1.165, 1.54) is 0 Å². The first kappa shape index (κ1) is 21.8. The third-order valence-corrected chi connectivity index (χ3v) is 4.37. The topological polar surface area (TPSA) is 80.9 Å². The van der Waals surface area contributed by atoms with Gasteiger partial charge in [0.15, 0.2) is 5.96 Å². The maximum atomic E-state index is 5.85. The van der Waals surface area contributed by atoms with Crippen LogP contribution in [0.2, 0.25) is 0 Å². The molecular weight excluding hydrogens is 356 g/mol. The molecule has 0 spiro atoms. The van der Waals surface area contributed by atoms with E-state index in [0.29, 0.717) is 19.8 Å². The van der Waals surface area contributed by atoms with Crippen LogP contribution in [-0.2, 0) is 17.7 Å². The summed E-state index contributed by atoms with van der Waals surface area (Å²) < 4.78 is 16.1. The maximum Gasteiger partial charge on any atom is 0.191 e. The second-order valence-electron chi connectivity index (χ2n) is 6.63. The lowest BCUT2D eigenvalue weighted by Crippen LogP contribution is -2.38. The van der Waals surface area contributed by atoms with Crippen LogP contribution < -0.4 is 15.4 Å². The fourth-order valence-corrected chi connectivity index (χ4v) is 2.83. The van der Waals surface area contributed by atoms with Gasteiger partial charge in [0.2, 0.25) is 0 Å². The smallest absolute Gasteiger partial charge is 0.191 e. The Balaban J connectivity index is 1.99. The van der Waals surface area contributed by atoms with Crippen molar-refractivity contribution in [2.75, 3.05) is 33.4 Å². The molecule has 0 aliphatic rings. The van der Waals surface area contributed by atoms with Crippen LogP contribution >= 0.6 is 0 Å². The Morgan fingerprint density at radius 2 is 2.00 bits per heavy atom. The molecule has 0 aliphatic heterocycles. The maximum absolute atomic E-state index is 5.85.